The highest BCUT2D eigenvalue weighted by molar-refractivity contribution is 5.28. The van der Waals surface area contributed by atoms with E-state index < -0.39 is 0 Å². The maximum atomic E-state index is 8.48. The van der Waals surface area contributed by atoms with Gasteiger partial charge < -0.3 is 14.8 Å². The number of rotatable bonds is 6. The third-order valence-corrected chi connectivity index (χ3v) is 3.22. The van der Waals surface area contributed by atoms with Gasteiger partial charge in [-0.25, -0.2) is 0 Å². The summed E-state index contributed by atoms with van der Waals surface area (Å²) in [5, 5.41) is 11.9. The maximum Gasteiger partial charge on any atom is 0.174 e. The normalized spacial score (nSPS) is 18.8. The van der Waals surface area contributed by atoms with Crippen LogP contribution in [0.4, 0.5) is 0 Å². The first-order chi connectivity index (χ1) is 9.38. The molecule has 2 rings (SSSR count). The molecule has 1 fully saturated rings. The third-order valence-electron chi connectivity index (χ3n) is 3.22. The lowest BCUT2D eigenvalue weighted by molar-refractivity contribution is 0.0547. The van der Waals surface area contributed by atoms with E-state index in [2.05, 4.69) is 11.4 Å². The zero-order valence-corrected chi connectivity index (χ0v) is 11.1. The molecule has 0 amide bonds. The molecule has 1 aromatic rings. The summed E-state index contributed by atoms with van der Waals surface area (Å²) in [6.45, 7) is 3.69. The summed E-state index contributed by atoms with van der Waals surface area (Å²) in [4.78, 5) is 0. The molecule has 1 saturated heterocycles. The van der Waals surface area contributed by atoms with Crippen LogP contribution in [0.3, 0.4) is 0 Å². The maximum absolute atomic E-state index is 8.48. The van der Waals surface area contributed by atoms with Crippen molar-refractivity contribution in [2.45, 2.75) is 19.4 Å². The van der Waals surface area contributed by atoms with Crippen molar-refractivity contribution in [1.29, 1.82) is 5.26 Å². The summed E-state index contributed by atoms with van der Waals surface area (Å²) in [5.74, 6) is 1.38. The number of nitriles is 1. The minimum absolute atomic E-state index is 0.0935. The molecule has 1 heterocycles. The van der Waals surface area contributed by atoms with E-state index in [9.17, 15) is 0 Å². The molecule has 4 heteroatoms. The fourth-order valence-electron chi connectivity index (χ4n) is 2.25. The number of ether oxygens (including phenoxy) is 2. The molecule has 1 atom stereocenters. The van der Waals surface area contributed by atoms with Gasteiger partial charge >= 0.3 is 0 Å². The van der Waals surface area contributed by atoms with Crippen molar-refractivity contribution < 1.29 is 9.47 Å². The topological polar surface area (TPSA) is 54.3 Å². The summed E-state index contributed by atoms with van der Waals surface area (Å²) in [6, 6.07) is 9.83. The summed E-state index contributed by atoms with van der Waals surface area (Å²) in [7, 11) is 0. The van der Waals surface area contributed by atoms with Crippen LogP contribution in [-0.4, -0.2) is 26.4 Å². The molecule has 1 aromatic carbocycles. The lowest BCUT2D eigenvalue weighted by Crippen LogP contribution is -2.28. The molecular weight excluding hydrogens is 240 g/mol. The van der Waals surface area contributed by atoms with Crippen LogP contribution < -0.4 is 10.1 Å². The standard InChI is InChI=1S/C15H20N2O2/c16-6-8-19-15-5-1-3-13(9-15)10-17-11-14-4-2-7-18-12-14/h1,3,5,9,14,17H,2,4,7-8,10-12H2. The van der Waals surface area contributed by atoms with E-state index >= 15 is 0 Å². The van der Waals surface area contributed by atoms with Crippen LogP contribution in [0, 0.1) is 17.2 Å². The zero-order chi connectivity index (χ0) is 13.3. The molecular formula is C15H20N2O2. The summed E-state index contributed by atoms with van der Waals surface area (Å²) in [5.41, 5.74) is 1.17. The minimum Gasteiger partial charge on any atom is -0.479 e. The Bertz CT molecular complexity index is 422. The molecule has 0 saturated carbocycles. The summed E-state index contributed by atoms with van der Waals surface area (Å²) < 4.78 is 10.7. The van der Waals surface area contributed by atoms with Gasteiger partial charge in [0, 0.05) is 19.7 Å². The van der Waals surface area contributed by atoms with Gasteiger partial charge in [-0.2, -0.15) is 5.26 Å². The Hall–Kier alpha value is -1.57. The monoisotopic (exact) mass is 260 g/mol. The predicted molar refractivity (Wildman–Crippen MR) is 72.8 cm³/mol. The molecule has 19 heavy (non-hydrogen) atoms. The number of hydrogen-bond donors (Lipinski definition) is 1. The number of nitrogens with one attached hydrogen (secondary N) is 1. The van der Waals surface area contributed by atoms with Crippen molar-refractivity contribution >= 4 is 0 Å². The first kappa shape index (κ1) is 13.9. The van der Waals surface area contributed by atoms with E-state index in [0.29, 0.717) is 5.92 Å². The van der Waals surface area contributed by atoms with Crippen molar-refractivity contribution in [3.05, 3.63) is 29.8 Å². The van der Waals surface area contributed by atoms with Crippen LogP contribution in [0.15, 0.2) is 24.3 Å². The zero-order valence-electron chi connectivity index (χ0n) is 11.1. The van der Waals surface area contributed by atoms with Gasteiger partial charge in [0.15, 0.2) is 6.61 Å². The van der Waals surface area contributed by atoms with Crippen molar-refractivity contribution in [1.82, 2.24) is 5.32 Å². The van der Waals surface area contributed by atoms with Gasteiger partial charge in [-0.1, -0.05) is 12.1 Å². The SMILES string of the molecule is N#CCOc1cccc(CNCC2CCCOC2)c1. The summed E-state index contributed by atoms with van der Waals surface area (Å²) >= 11 is 0. The lowest BCUT2D eigenvalue weighted by atomic mass is 10.0. The quantitative estimate of drug-likeness (QED) is 0.851. The predicted octanol–water partition coefficient (Wildman–Crippen LogP) is 2.11. The van der Waals surface area contributed by atoms with Gasteiger partial charge in [0.05, 0.1) is 6.61 Å². The van der Waals surface area contributed by atoms with Gasteiger partial charge in [-0.3, -0.25) is 0 Å². The van der Waals surface area contributed by atoms with Crippen molar-refractivity contribution in [3.63, 3.8) is 0 Å². The number of hydrogen-bond acceptors (Lipinski definition) is 4. The van der Waals surface area contributed by atoms with E-state index in [1.54, 1.807) is 0 Å². The van der Waals surface area contributed by atoms with Crippen molar-refractivity contribution in [2.24, 2.45) is 5.92 Å². The van der Waals surface area contributed by atoms with Crippen LogP contribution >= 0.6 is 0 Å². The Labute approximate surface area is 114 Å². The molecule has 1 unspecified atom stereocenters. The van der Waals surface area contributed by atoms with Crippen LogP contribution in [0.5, 0.6) is 5.75 Å². The van der Waals surface area contributed by atoms with Gasteiger partial charge in [0.1, 0.15) is 11.8 Å². The molecule has 1 aliphatic rings. The number of nitrogens with zero attached hydrogens (tertiary/aromatic N) is 1. The Morgan fingerprint density at radius 2 is 2.42 bits per heavy atom. The molecule has 0 aliphatic carbocycles. The van der Waals surface area contributed by atoms with E-state index in [1.165, 1.54) is 18.4 Å². The van der Waals surface area contributed by atoms with E-state index in [-0.39, 0.29) is 6.61 Å². The molecule has 1 N–H and O–H groups in total. The first-order valence-corrected chi connectivity index (χ1v) is 6.75. The molecule has 1 aliphatic heterocycles. The van der Waals surface area contributed by atoms with Gasteiger partial charge in [0.2, 0.25) is 0 Å². The van der Waals surface area contributed by atoms with E-state index in [1.807, 2.05) is 24.3 Å². The second-order valence-corrected chi connectivity index (χ2v) is 4.81. The van der Waals surface area contributed by atoms with E-state index in [0.717, 1.165) is 32.1 Å². The van der Waals surface area contributed by atoms with Crippen LogP contribution in [0.2, 0.25) is 0 Å². The second kappa shape index (κ2) is 7.78. The van der Waals surface area contributed by atoms with Gasteiger partial charge in [0.25, 0.3) is 0 Å². The van der Waals surface area contributed by atoms with Crippen LogP contribution in [0.1, 0.15) is 18.4 Å². The van der Waals surface area contributed by atoms with E-state index in [4.69, 9.17) is 14.7 Å². The van der Waals surface area contributed by atoms with Crippen molar-refractivity contribution in [3.8, 4) is 11.8 Å². The average Bonchev–Trinajstić information content (AvgIpc) is 2.47. The van der Waals surface area contributed by atoms with Crippen LogP contribution in [0.25, 0.3) is 0 Å². The molecule has 102 valence electrons. The smallest absolute Gasteiger partial charge is 0.174 e. The molecule has 4 nitrogen and oxygen atoms in total. The fraction of sp³-hybridized carbons (Fsp3) is 0.533. The Morgan fingerprint density at radius 3 is 3.21 bits per heavy atom. The molecule has 0 radical (unpaired) electrons. The van der Waals surface area contributed by atoms with Crippen LogP contribution in [-0.2, 0) is 11.3 Å². The Morgan fingerprint density at radius 1 is 1.47 bits per heavy atom. The largest absolute Gasteiger partial charge is 0.479 e. The summed E-state index contributed by atoms with van der Waals surface area (Å²) in [6.07, 6.45) is 2.42. The third kappa shape index (κ3) is 4.90. The lowest BCUT2D eigenvalue weighted by Gasteiger charge is -2.22. The average molecular weight is 260 g/mol. The fourth-order valence-corrected chi connectivity index (χ4v) is 2.25. The Kier molecular flexibility index (Phi) is 5.67. The van der Waals surface area contributed by atoms with Crippen molar-refractivity contribution in [2.75, 3.05) is 26.4 Å². The highest BCUT2D eigenvalue weighted by Crippen LogP contribution is 2.14. The first-order valence-electron chi connectivity index (χ1n) is 6.75. The Balaban J connectivity index is 1.74. The second-order valence-electron chi connectivity index (χ2n) is 4.81. The highest BCUT2D eigenvalue weighted by atomic mass is 16.5. The van der Waals surface area contributed by atoms with Gasteiger partial charge in [-0.15, -0.1) is 0 Å². The highest BCUT2D eigenvalue weighted by Gasteiger charge is 2.12. The molecule has 0 bridgehead atoms. The number of benzene rings is 1. The molecule has 0 aromatic heterocycles. The molecule has 0 spiro atoms. The van der Waals surface area contributed by atoms with Gasteiger partial charge in [-0.05, 0) is 36.5 Å². The minimum atomic E-state index is 0.0935.